The van der Waals surface area contributed by atoms with Crippen molar-refractivity contribution in [3.8, 4) is 33.6 Å². The first kappa shape index (κ1) is 30.7. The molecular formula is C33H34N8O4S. The standard InChI is InChI=1S/C33H34N8O4S/c1-21(2)15-23-16-29(41(39-23)25-7-6-8-27(17-25)44-3)38-31(43)37-24-18-34-32(35-19-24)45-26-12-10-22(11-13-26)28-20-36-33(46-28)40-14-5-4-9-30(40)42/h6-8,10-13,16-21H,4-5,9,14-15H2,1-3H3,(H2,37,38,43). The summed E-state index contributed by atoms with van der Waals surface area (Å²) in [5.74, 6) is 2.28. The fourth-order valence-corrected chi connectivity index (χ4v) is 5.98. The second kappa shape index (κ2) is 13.8. The smallest absolute Gasteiger partial charge is 0.324 e. The number of hydrogen-bond acceptors (Lipinski definition) is 9. The van der Waals surface area contributed by atoms with Crippen LogP contribution in [0.4, 0.5) is 21.4 Å². The van der Waals surface area contributed by atoms with Crippen molar-refractivity contribution >= 4 is 39.9 Å². The number of piperidine rings is 1. The van der Waals surface area contributed by atoms with Gasteiger partial charge in [-0.3, -0.25) is 15.0 Å². The molecular weight excluding hydrogens is 604 g/mol. The van der Waals surface area contributed by atoms with Crippen LogP contribution in [0.5, 0.6) is 17.5 Å². The van der Waals surface area contributed by atoms with Crippen molar-refractivity contribution in [2.75, 3.05) is 29.2 Å². The van der Waals surface area contributed by atoms with Crippen LogP contribution < -0.4 is 25.0 Å². The molecule has 1 fully saturated rings. The maximum absolute atomic E-state index is 13.0. The summed E-state index contributed by atoms with van der Waals surface area (Å²) in [6, 6.07) is 16.5. The fraction of sp³-hybridized carbons (Fsp3) is 0.273. The zero-order valence-corrected chi connectivity index (χ0v) is 26.6. The van der Waals surface area contributed by atoms with Crippen LogP contribution in [0.15, 0.2) is 73.2 Å². The predicted molar refractivity (Wildman–Crippen MR) is 177 cm³/mol. The molecule has 3 amide bonds. The molecule has 5 aromatic rings. The average Bonchev–Trinajstić information content (AvgIpc) is 3.70. The van der Waals surface area contributed by atoms with Crippen LogP contribution in [0, 0.1) is 5.92 Å². The number of aromatic nitrogens is 5. The Hall–Kier alpha value is -5.30. The van der Waals surface area contributed by atoms with Crippen LogP contribution in [-0.4, -0.2) is 50.3 Å². The number of nitrogens with one attached hydrogen (secondary N) is 2. The molecule has 0 radical (unpaired) electrons. The average molecular weight is 639 g/mol. The first-order chi connectivity index (χ1) is 22.3. The Morgan fingerprint density at radius 3 is 2.52 bits per heavy atom. The summed E-state index contributed by atoms with van der Waals surface area (Å²) in [5, 5.41) is 11.1. The van der Waals surface area contributed by atoms with Gasteiger partial charge < -0.3 is 14.8 Å². The first-order valence-corrected chi connectivity index (χ1v) is 15.8. The molecule has 46 heavy (non-hydrogen) atoms. The van der Waals surface area contributed by atoms with Crippen molar-refractivity contribution < 1.29 is 19.1 Å². The number of thiazole rings is 1. The van der Waals surface area contributed by atoms with Gasteiger partial charge in [-0.2, -0.15) is 5.10 Å². The van der Waals surface area contributed by atoms with Crippen LogP contribution in [-0.2, 0) is 11.2 Å². The molecule has 236 valence electrons. The van der Waals surface area contributed by atoms with Crippen molar-refractivity contribution in [3.05, 3.63) is 78.9 Å². The normalized spacial score (nSPS) is 13.1. The van der Waals surface area contributed by atoms with Gasteiger partial charge in [0.2, 0.25) is 5.91 Å². The van der Waals surface area contributed by atoms with E-state index in [0.29, 0.717) is 41.9 Å². The molecule has 3 aromatic heterocycles. The van der Waals surface area contributed by atoms with E-state index in [1.54, 1.807) is 22.9 Å². The molecule has 12 nitrogen and oxygen atoms in total. The minimum atomic E-state index is -0.469. The summed E-state index contributed by atoms with van der Waals surface area (Å²) >= 11 is 1.50. The van der Waals surface area contributed by atoms with E-state index in [1.165, 1.54) is 23.7 Å². The highest BCUT2D eigenvalue weighted by atomic mass is 32.1. The second-order valence-electron chi connectivity index (χ2n) is 11.2. The lowest BCUT2D eigenvalue weighted by Crippen LogP contribution is -2.34. The molecule has 0 unspecified atom stereocenters. The number of urea groups is 1. The molecule has 13 heteroatoms. The highest BCUT2D eigenvalue weighted by molar-refractivity contribution is 7.19. The van der Waals surface area contributed by atoms with Gasteiger partial charge in [0.25, 0.3) is 0 Å². The van der Waals surface area contributed by atoms with Gasteiger partial charge in [-0.05, 0) is 67.1 Å². The molecule has 0 bridgehead atoms. The maximum Gasteiger partial charge on any atom is 0.324 e. The number of ether oxygens (including phenoxy) is 2. The molecule has 1 saturated heterocycles. The molecule has 2 aromatic carbocycles. The van der Waals surface area contributed by atoms with E-state index in [9.17, 15) is 9.59 Å². The molecule has 4 heterocycles. The number of anilines is 3. The SMILES string of the molecule is COc1cccc(-n2nc(CC(C)C)cc2NC(=O)Nc2cnc(Oc3ccc(-c4cnc(N5CCCCC5=O)s4)cc3)nc2)c1. The Morgan fingerprint density at radius 2 is 1.78 bits per heavy atom. The van der Waals surface area contributed by atoms with Crippen molar-refractivity contribution in [1.82, 2.24) is 24.7 Å². The molecule has 1 aliphatic rings. The van der Waals surface area contributed by atoms with E-state index in [2.05, 4.69) is 39.4 Å². The summed E-state index contributed by atoms with van der Waals surface area (Å²) in [6.07, 6.45) is 8.00. The number of benzene rings is 2. The van der Waals surface area contributed by atoms with Crippen molar-refractivity contribution in [2.45, 2.75) is 39.5 Å². The lowest BCUT2D eigenvalue weighted by molar-refractivity contribution is -0.119. The Bertz CT molecular complexity index is 1820. The Morgan fingerprint density at radius 1 is 0.978 bits per heavy atom. The van der Waals surface area contributed by atoms with Gasteiger partial charge in [0.05, 0.1) is 41.4 Å². The highest BCUT2D eigenvalue weighted by Gasteiger charge is 2.22. The number of methoxy groups -OCH3 is 1. The first-order valence-electron chi connectivity index (χ1n) is 15.0. The number of rotatable bonds is 10. The third-order valence-corrected chi connectivity index (χ3v) is 8.27. The van der Waals surface area contributed by atoms with Gasteiger partial charge in [0.1, 0.15) is 17.3 Å². The minimum absolute atomic E-state index is 0.130. The monoisotopic (exact) mass is 638 g/mol. The molecule has 1 aliphatic heterocycles. The number of carbonyl (C=O) groups excluding carboxylic acids is 2. The van der Waals surface area contributed by atoms with Crippen molar-refractivity contribution in [1.29, 1.82) is 0 Å². The molecule has 2 N–H and O–H groups in total. The van der Waals surface area contributed by atoms with E-state index in [0.717, 1.165) is 46.2 Å². The van der Waals surface area contributed by atoms with Gasteiger partial charge in [0.15, 0.2) is 5.13 Å². The van der Waals surface area contributed by atoms with Gasteiger partial charge >= 0.3 is 12.0 Å². The van der Waals surface area contributed by atoms with Crippen LogP contribution in [0.2, 0.25) is 0 Å². The van der Waals surface area contributed by atoms with Gasteiger partial charge in [-0.1, -0.05) is 31.3 Å². The quantitative estimate of drug-likeness (QED) is 0.168. The van der Waals surface area contributed by atoms with Gasteiger partial charge in [-0.25, -0.2) is 24.4 Å². The summed E-state index contributed by atoms with van der Waals surface area (Å²) in [5.41, 5.74) is 2.98. The summed E-state index contributed by atoms with van der Waals surface area (Å²) < 4.78 is 12.9. The summed E-state index contributed by atoms with van der Waals surface area (Å²) in [6.45, 7) is 4.95. The van der Waals surface area contributed by atoms with Crippen LogP contribution in [0.25, 0.3) is 16.1 Å². The largest absolute Gasteiger partial charge is 0.497 e. The maximum atomic E-state index is 13.0. The van der Waals surface area contributed by atoms with E-state index in [4.69, 9.17) is 14.6 Å². The third kappa shape index (κ3) is 7.32. The van der Waals surface area contributed by atoms with E-state index >= 15 is 0 Å². The zero-order valence-electron chi connectivity index (χ0n) is 25.8. The number of carbonyl (C=O) groups is 2. The highest BCUT2D eigenvalue weighted by Crippen LogP contribution is 2.34. The minimum Gasteiger partial charge on any atom is -0.497 e. The lowest BCUT2D eigenvalue weighted by atomic mass is 10.1. The number of nitrogens with zero attached hydrogens (tertiary/aromatic N) is 6. The fourth-order valence-electron chi connectivity index (χ4n) is 5.01. The van der Waals surface area contributed by atoms with Crippen molar-refractivity contribution in [3.63, 3.8) is 0 Å². The van der Waals surface area contributed by atoms with Crippen LogP contribution >= 0.6 is 11.3 Å². The number of amides is 3. The topological polar surface area (TPSA) is 136 Å². The predicted octanol–water partition coefficient (Wildman–Crippen LogP) is 6.95. The third-order valence-electron chi connectivity index (χ3n) is 7.20. The lowest BCUT2D eigenvalue weighted by Gasteiger charge is -2.23. The zero-order chi connectivity index (χ0) is 32.0. The van der Waals surface area contributed by atoms with Gasteiger partial charge in [0, 0.05) is 31.3 Å². The van der Waals surface area contributed by atoms with Crippen molar-refractivity contribution in [2.24, 2.45) is 5.92 Å². The molecule has 0 atom stereocenters. The molecule has 0 aliphatic carbocycles. The van der Waals surface area contributed by atoms with E-state index < -0.39 is 6.03 Å². The van der Waals surface area contributed by atoms with E-state index in [1.807, 2.05) is 54.6 Å². The molecule has 6 rings (SSSR count). The molecule has 0 saturated carbocycles. The number of hydrogen-bond donors (Lipinski definition) is 2. The Labute approximate surface area is 270 Å². The van der Waals surface area contributed by atoms with Crippen LogP contribution in [0.3, 0.4) is 0 Å². The van der Waals surface area contributed by atoms with Gasteiger partial charge in [-0.15, -0.1) is 0 Å². The van der Waals surface area contributed by atoms with Crippen LogP contribution in [0.1, 0.15) is 38.8 Å². The Balaban J connectivity index is 1.07. The second-order valence-corrected chi connectivity index (χ2v) is 12.2. The summed E-state index contributed by atoms with van der Waals surface area (Å²) in [4.78, 5) is 40.9. The Kier molecular flexibility index (Phi) is 9.20. The van der Waals surface area contributed by atoms with E-state index in [-0.39, 0.29) is 11.9 Å². The summed E-state index contributed by atoms with van der Waals surface area (Å²) in [7, 11) is 1.60. The molecule has 0 spiro atoms.